The van der Waals surface area contributed by atoms with E-state index in [-0.39, 0.29) is 42.9 Å². The highest BCUT2D eigenvalue weighted by atomic mass is 19.1. The van der Waals surface area contributed by atoms with Crippen LogP contribution >= 0.6 is 0 Å². The van der Waals surface area contributed by atoms with Gasteiger partial charge in [-0.15, -0.1) is 5.10 Å². The maximum absolute atomic E-state index is 14.5. The largest absolute Gasteiger partial charge is 0.508 e. The zero-order chi connectivity index (χ0) is 39.3. The van der Waals surface area contributed by atoms with E-state index < -0.39 is 11.2 Å². The molecule has 7 N–H and O–H groups in total. The van der Waals surface area contributed by atoms with Gasteiger partial charge in [0.25, 0.3) is 0 Å². The zero-order valence-electron chi connectivity index (χ0n) is 31.8. The van der Waals surface area contributed by atoms with Crippen LogP contribution in [0.5, 0.6) is 11.5 Å². The molecule has 3 heterocycles. The Bertz CT molecular complexity index is 2230. The number of nitrogens with zero attached hydrogens (tertiary/aromatic N) is 5. The highest BCUT2D eigenvalue weighted by molar-refractivity contribution is 5.86. The molecular formula is C42H50FN7O5. The quantitative estimate of drug-likeness (QED) is 0.0483. The Labute approximate surface area is 320 Å². The van der Waals surface area contributed by atoms with Gasteiger partial charge >= 0.3 is 0 Å². The van der Waals surface area contributed by atoms with Crippen LogP contribution in [0.1, 0.15) is 56.8 Å². The molecule has 1 atom stereocenters. The minimum absolute atomic E-state index is 0.0484. The predicted octanol–water partition coefficient (Wildman–Crippen LogP) is 6.97. The van der Waals surface area contributed by atoms with Crippen LogP contribution in [0.25, 0.3) is 33.2 Å². The number of nitrogens with two attached hydrogens (primary N) is 2. The number of aliphatic hydroxyl groups excluding tert-OH is 1. The van der Waals surface area contributed by atoms with Crippen molar-refractivity contribution in [3.8, 4) is 33.8 Å². The second kappa shape index (κ2) is 16.9. The topological polar surface area (TPSA) is 180 Å². The summed E-state index contributed by atoms with van der Waals surface area (Å²) in [6.07, 6.45) is 3.24. The van der Waals surface area contributed by atoms with Gasteiger partial charge in [-0.2, -0.15) is 0 Å². The van der Waals surface area contributed by atoms with Gasteiger partial charge in [0, 0.05) is 53.4 Å². The van der Waals surface area contributed by atoms with Crippen LogP contribution in [-0.2, 0) is 47.6 Å². The van der Waals surface area contributed by atoms with E-state index in [2.05, 4.69) is 28.7 Å². The van der Waals surface area contributed by atoms with E-state index >= 15 is 0 Å². The van der Waals surface area contributed by atoms with Crippen molar-refractivity contribution in [1.29, 1.82) is 0 Å². The Morgan fingerprint density at radius 3 is 2.24 bits per heavy atom. The first kappa shape index (κ1) is 39.2. The van der Waals surface area contributed by atoms with Gasteiger partial charge in [-0.25, -0.2) is 9.37 Å². The third-order valence-electron chi connectivity index (χ3n) is 9.83. The number of aromatic hydroxyl groups is 2. The number of aliphatic hydroxyl groups is 1. The molecule has 0 spiro atoms. The van der Waals surface area contributed by atoms with Crippen LogP contribution < -0.4 is 11.5 Å². The Kier molecular flexibility index (Phi) is 12.0. The van der Waals surface area contributed by atoms with Gasteiger partial charge in [0.2, 0.25) is 0 Å². The number of fused-ring (bicyclic) bond motifs is 1. The first-order chi connectivity index (χ1) is 26.4. The molecule has 55 heavy (non-hydrogen) atoms. The molecule has 0 aliphatic rings. The van der Waals surface area contributed by atoms with Crippen molar-refractivity contribution >= 4 is 22.4 Å². The molecule has 0 saturated heterocycles. The molecule has 3 aromatic heterocycles. The number of hydrogen-bond donors (Lipinski definition) is 5. The van der Waals surface area contributed by atoms with Crippen molar-refractivity contribution in [2.24, 2.45) is 5.92 Å². The number of phenolic OH excluding ortho intramolecular Hbond substituents is 2. The molecule has 0 aliphatic carbocycles. The fourth-order valence-electron chi connectivity index (χ4n) is 6.97. The number of halogens is 1. The summed E-state index contributed by atoms with van der Waals surface area (Å²) in [7, 11) is 0. The fourth-order valence-corrected chi connectivity index (χ4v) is 6.97. The lowest BCUT2D eigenvalue weighted by Crippen LogP contribution is -2.27. The van der Waals surface area contributed by atoms with E-state index in [0.29, 0.717) is 49.9 Å². The summed E-state index contributed by atoms with van der Waals surface area (Å²) in [6.45, 7) is 10.6. The minimum atomic E-state index is -0.520. The molecule has 6 aromatic rings. The molecule has 13 heteroatoms. The molecular weight excluding hydrogens is 702 g/mol. The molecule has 0 radical (unpaired) electrons. The Morgan fingerprint density at radius 2 is 1.58 bits per heavy atom. The van der Waals surface area contributed by atoms with Crippen LogP contribution in [-0.4, -0.2) is 59.7 Å². The average Bonchev–Trinajstić information content (AvgIpc) is 3.76. The van der Waals surface area contributed by atoms with Gasteiger partial charge in [0.15, 0.2) is 0 Å². The molecule has 0 bridgehead atoms. The van der Waals surface area contributed by atoms with Crippen LogP contribution in [0.4, 0.5) is 15.9 Å². The highest BCUT2D eigenvalue weighted by Crippen LogP contribution is 2.39. The normalized spacial score (nSPS) is 12.5. The molecule has 0 amide bonds. The summed E-state index contributed by atoms with van der Waals surface area (Å²) in [6, 6.07) is 19.0. The Balaban J connectivity index is 1.04. The third-order valence-corrected chi connectivity index (χ3v) is 9.83. The van der Waals surface area contributed by atoms with Crippen LogP contribution in [0.15, 0.2) is 72.9 Å². The molecule has 0 unspecified atom stereocenters. The maximum atomic E-state index is 14.5. The van der Waals surface area contributed by atoms with Crippen LogP contribution in [0.3, 0.4) is 0 Å². The first-order valence-electron chi connectivity index (χ1n) is 18.5. The SMILES string of the molecule is CCc1c(-c2ccc(O)cc2)c(N)nc(COCc2cn(CCCOC[C@H](C)Cn3c(C(C)(C)CO)cc4cc(N)c(F)cc43)nn2)c1-c1ccc(O)cc1. The Hall–Kier alpha value is -5.50. The number of aryl methyl sites for hydroxylation is 1. The zero-order valence-corrected chi connectivity index (χ0v) is 31.8. The number of hydrogen-bond acceptors (Lipinski definition) is 10. The van der Waals surface area contributed by atoms with Gasteiger partial charge in [0.1, 0.15) is 28.8 Å². The summed E-state index contributed by atoms with van der Waals surface area (Å²) in [5, 5.41) is 39.3. The second-order valence-electron chi connectivity index (χ2n) is 14.7. The molecule has 3 aromatic carbocycles. The van der Waals surface area contributed by atoms with Crippen molar-refractivity contribution in [2.45, 2.75) is 72.3 Å². The minimum Gasteiger partial charge on any atom is -0.508 e. The number of pyridine rings is 1. The van der Waals surface area contributed by atoms with E-state index in [0.717, 1.165) is 50.8 Å². The first-order valence-corrected chi connectivity index (χ1v) is 18.5. The predicted molar refractivity (Wildman–Crippen MR) is 212 cm³/mol. The lowest BCUT2D eigenvalue weighted by Gasteiger charge is -2.26. The van der Waals surface area contributed by atoms with Crippen LogP contribution in [0.2, 0.25) is 0 Å². The van der Waals surface area contributed by atoms with E-state index in [9.17, 15) is 19.7 Å². The summed E-state index contributed by atoms with van der Waals surface area (Å²) in [4.78, 5) is 4.79. The summed E-state index contributed by atoms with van der Waals surface area (Å²) < 4.78 is 30.4. The number of phenols is 2. The van der Waals surface area contributed by atoms with Crippen molar-refractivity contribution < 1.29 is 29.2 Å². The van der Waals surface area contributed by atoms with Crippen molar-refractivity contribution in [3.63, 3.8) is 0 Å². The molecule has 0 saturated carbocycles. The second-order valence-corrected chi connectivity index (χ2v) is 14.7. The molecule has 0 fully saturated rings. The lowest BCUT2D eigenvalue weighted by molar-refractivity contribution is 0.0937. The summed E-state index contributed by atoms with van der Waals surface area (Å²) in [5.74, 6) is 0.348. The van der Waals surface area contributed by atoms with Gasteiger partial charge in [0.05, 0.1) is 49.5 Å². The number of ether oxygens (including phenoxy) is 2. The van der Waals surface area contributed by atoms with Crippen LogP contribution in [0, 0.1) is 11.7 Å². The monoisotopic (exact) mass is 751 g/mol. The molecule has 0 aliphatic heterocycles. The van der Waals surface area contributed by atoms with E-state index in [1.165, 1.54) is 6.07 Å². The van der Waals surface area contributed by atoms with Gasteiger partial charge in [-0.05, 0) is 71.8 Å². The molecule has 6 rings (SSSR count). The van der Waals surface area contributed by atoms with Crippen molar-refractivity contribution in [1.82, 2.24) is 24.5 Å². The third kappa shape index (κ3) is 8.91. The molecule has 290 valence electrons. The number of aromatic nitrogens is 5. The maximum Gasteiger partial charge on any atom is 0.148 e. The molecule has 12 nitrogen and oxygen atoms in total. The highest BCUT2D eigenvalue weighted by Gasteiger charge is 2.27. The average molecular weight is 752 g/mol. The van der Waals surface area contributed by atoms with Gasteiger partial charge in [-0.1, -0.05) is 57.2 Å². The summed E-state index contributed by atoms with van der Waals surface area (Å²) in [5.41, 5.74) is 19.4. The number of rotatable bonds is 17. The smallest absolute Gasteiger partial charge is 0.148 e. The standard InChI is InChI=1S/C42H50FN7O5/c1-5-33-39(27-7-11-31(52)12-8-27)36(46-41(45)40(33)28-9-13-32(53)14-10-28)24-55-23-30-21-49(48-47-30)15-6-16-54-22-26(2)20-50-37-19-34(43)35(44)17-29(37)18-38(50)42(3,4)25-51/h7-14,17-19,21,26,51-53H,5-6,15-16,20,22-25,44H2,1-4H3,(H2,45,46)/t26-/m1/s1. The van der Waals surface area contributed by atoms with Crippen molar-refractivity contribution in [3.05, 3.63) is 101 Å². The number of benzene rings is 3. The fraction of sp³-hybridized carbons (Fsp3) is 0.357. The van der Waals surface area contributed by atoms with Gasteiger partial charge < -0.3 is 40.8 Å². The van der Waals surface area contributed by atoms with E-state index in [1.807, 2.05) is 50.4 Å². The van der Waals surface area contributed by atoms with E-state index in [1.54, 1.807) is 35.0 Å². The Morgan fingerprint density at radius 1 is 0.909 bits per heavy atom. The lowest BCUT2D eigenvalue weighted by atomic mass is 9.89. The van der Waals surface area contributed by atoms with Crippen molar-refractivity contribution in [2.75, 3.05) is 31.3 Å². The number of nitrogen functional groups attached to an aromatic ring is 2. The number of anilines is 2. The summed E-state index contributed by atoms with van der Waals surface area (Å²) >= 11 is 0. The van der Waals surface area contributed by atoms with Gasteiger partial charge in [-0.3, -0.25) is 4.68 Å². The van der Waals surface area contributed by atoms with E-state index in [4.69, 9.17) is 25.9 Å².